The van der Waals surface area contributed by atoms with Crippen molar-refractivity contribution in [2.24, 2.45) is 0 Å². The van der Waals surface area contributed by atoms with Crippen LogP contribution < -0.4 is 0 Å². The maximum Gasteiger partial charge on any atom is 0.335 e. The van der Waals surface area contributed by atoms with Crippen LogP contribution in [0.3, 0.4) is 0 Å². The SMILES string of the molecule is Cc1nc2ccc(C(=O)O)cc2n1Cc1ccc(-c2ccco2)cc1Cl. The Morgan fingerprint density at radius 1 is 1.23 bits per heavy atom. The predicted molar refractivity (Wildman–Crippen MR) is 99.7 cm³/mol. The maximum absolute atomic E-state index is 11.3. The summed E-state index contributed by atoms with van der Waals surface area (Å²) in [5, 5.41) is 9.86. The van der Waals surface area contributed by atoms with Crippen molar-refractivity contribution in [2.75, 3.05) is 0 Å². The van der Waals surface area contributed by atoms with E-state index in [1.54, 1.807) is 24.5 Å². The molecular formula is C20H15ClN2O3. The molecule has 2 heterocycles. The van der Waals surface area contributed by atoms with Crippen LogP contribution in [0.2, 0.25) is 5.02 Å². The number of imidazole rings is 1. The van der Waals surface area contributed by atoms with Crippen molar-refractivity contribution < 1.29 is 14.3 Å². The molecule has 4 aromatic rings. The second-order valence-electron chi connectivity index (χ2n) is 6.04. The number of aromatic nitrogens is 2. The minimum absolute atomic E-state index is 0.234. The summed E-state index contributed by atoms with van der Waals surface area (Å²) >= 11 is 6.48. The lowest BCUT2D eigenvalue weighted by molar-refractivity contribution is 0.0697. The monoisotopic (exact) mass is 366 g/mol. The summed E-state index contributed by atoms with van der Waals surface area (Å²) in [6.07, 6.45) is 1.62. The molecule has 0 atom stereocenters. The van der Waals surface area contributed by atoms with Gasteiger partial charge in [0.25, 0.3) is 0 Å². The van der Waals surface area contributed by atoms with Gasteiger partial charge in [-0.05, 0) is 48.9 Å². The van der Waals surface area contributed by atoms with Crippen LogP contribution in [0.15, 0.2) is 59.2 Å². The van der Waals surface area contributed by atoms with Gasteiger partial charge < -0.3 is 14.1 Å². The Balaban J connectivity index is 1.74. The number of aryl methyl sites for hydroxylation is 1. The van der Waals surface area contributed by atoms with Gasteiger partial charge in [0.05, 0.1) is 29.4 Å². The van der Waals surface area contributed by atoms with E-state index in [-0.39, 0.29) is 5.56 Å². The molecule has 0 aliphatic heterocycles. The number of halogens is 1. The summed E-state index contributed by atoms with van der Waals surface area (Å²) in [6.45, 7) is 2.40. The molecule has 26 heavy (non-hydrogen) atoms. The number of benzene rings is 2. The minimum atomic E-state index is -0.960. The Hall–Kier alpha value is -3.05. The fourth-order valence-corrected chi connectivity index (χ4v) is 3.26. The van der Waals surface area contributed by atoms with Crippen LogP contribution in [0.5, 0.6) is 0 Å². The standard InChI is InChI=1S/C20H15ClN2O3/c1-12-22-17-7-6-14(20(24)25)10-18(17)23(12)11-15-5-4-13(9-16(15)21)19-3-2-8-26-19/h2-10H,11H2,1H3,(H,24,25). The van der Waals surface area contributed by atoms with Crippen molar-refractivity contribution in [1.29, 1.82) is 0 Å². The van der Waals surface area contributed by atoms with Crippen molar-refractivity contribution in [3.8, 4) is 11.3 Å². The predicted octanol–water partition coefficient (Wildman–Crippen LogP) is 5.00. The summed E-state index contributed by atoms with van der Waals surface area (Å²) in [5.74, 6) is 0.598. The Bertz CT molecular complexity index is 1110. The average molecular weight is 367 g/mol. The van der Waals surface area contributed by atoms with Gasteiger partial charge in [-0.2, -0.15) is 0 Å². The number of carboxylic acid groups (broad SMARTS) is 1. The highest BCUT2D eigenvalue weighted by atomic mass is 35.5. The third kappa shape index (κ3) is 2.86. The molecule has 0 unspecified atom stereocenters. The van der Waals surface area contributed by atoms with Crippen LogP contribution in [0.25, 0.3) is 22.4 Å². The number of rotatable bonds is 4. The molecule has 0 radical (unpaired) electrons. The molecule has 0 saturated heterocycles. The number of nitrogens with zero attached hydrogens (tertiary/aromatic N) is 2. The highest BCUT2D eigenvalue weighted by Gasteiger charge is 2.13. The van der Waals surface area contributed by atoms with Gasteiger partial charge in [0, 0.05) is 10.6 Å². The van der Waals surface area contributed by atoms with Crippen LogP contribution in [-0.4, -0.2) is 20.6 Å². The van der Waals surface area contributed by atoms with Gasteiger partial charge in [-0.15, -0.1) is 0 Å². The largest absolute Gasteiger partial charge is 0.478 e. The van der Waals surface area contributed by atoms with E-state index in [9.17, 15) is 9.90 Å². The molecular weight excluding hydrogens is 352 g/mol. The molecule has 130 valence electrons. The first-order chi connectivity index (χ1) is 12.5. The summed E-state index contributed by atoms with van der Waals surface area (Å²) < 4.78 is 7.37. The lowest BCUT2D eigenvalue weighted by atomic mass is 10.1. The molecule has 0 amide bonds. The first-order valence-electron chi connectivity index (χ1n) is 8.05. The van der Waals surface area contributed by atoms with E-state index in [4.69, 9.17) is 16.0 Å². The molecule has 0 aliphatic rings. The number of fused-ring (bicyclic) bond motifs is 1. The van der Waals surface area contributed by atoms with Gasteiger partial charge in [-0.3, -0.25) is 0 Å². The summed E-state index contributed by atoms with van der Waals surface area (Å²) in [4.78, 5) is 15.8. The number of furan rings is 1. The quantitative estimate of drug-likeness (QED) is 0.551. The van der Waals surface area contributed by atoms with E-state index in [2.05, 4.69) is 4.98 Å². The Morgan fingerprint density at radius 3 is 2.77 bits per heavy atom. The third-order valence-corrected chi connectivity index (χ3v) is 4.73. The minimum Gasteiger partial charge on any atom is -0.478 e. The second kappa shape index (κ2) is 6.35. The zero-order chi connectivity index (χ0) is 18.3. The fraction of sp³-hybridized carbons (Fsp3) is 0.100. The van der Waals surface area contributed by atoms with Gasteiger partial charge in [-0.1, -0.05) is 23.7 Å². The molecule has 0 saturated carbocycles. The number of aromatic carboxylic acids is 1. The van der Waals surface area contributed by atoms with Gasteiger partial charge in [0.15, 0.2) is 0 Å². The van der Waals surface area contributed by atoms with E-state index in [0.29, 0.717) is 11.6 Å². The van der Waals surface area contributed by atoms with Crippen molar-refractivity contribution in [1.82, 2.24) is 9.55 Å². The summed E-state index contributed by atoms with van der Waals surface area (Å²) in [5.41, 5.74) is 3.59. The van der Waals surface area contributed by atoms with Crippen LogP contribution >= 0.6 is 11.6 Å². The van der Waals surface area contributed by atoms with Crippen molar-refractivity contribution in [2.45, 2.75) is 13.5 Å². The van der Waals surface area contributed by atoms with E-state index in [0.717, 1.165) is 33.7 Å². The highest BCUT2D eigenvalue weighted by Crippen LogP contribution is 2.28. The summed E-state index contributed by atoms with van der Waals surface area (Å²) in [6, 6.07) is 14.4. The topological polar surface area (TPSA) is 68.3 Å². The molecule has 2 aromatic carbocycles. The first-order valence-corrected chi connectivity index (χ1v) is 8.43. The molecule has 0 aliphatic carbocycles. The molecule has 0 bridgehead atoms. The lowest BCUT2D eigenvalue weighted by Gasteiger charge is -2.10. The van der Waals surface area contributed by atoms with Crippen LogP contribution in [0.1, 0.15) is 21.7 Å². The smallest absolute Gasteiger partial charge is 0.335 e. The molecule has 0 spiro atoms. The molecule has 0 fully saturated rings. The molecule has 2 aromatic heterocycles. The van der Waals surface area contributed by atoms with Crippen LogP contribution in [-0.2, 0) is 6.54 Å². The van der Waals surface area contributed by atoms with Crippen molar-refractivity contribution >= 4 is 28.6 Å². The molecule has 1 N–H and O–H groups in total. The van der Waals surface area contributed by atoms with Crippen molar-refractivity contribution in [3.05, 3.63) is 76.8 Å². The molecule has 5 nitrogen and oxygen atoms in total. The Labute approximate surface area is 154 Å². The van der Waals surface area contributed by atoms with E-state index in [1.807, 2.05) is 41.8 Å². The van der Waals surface area contributed by atoms with E-state index >= 15 is 0 Å². The van der Waals surface area contributed by atoms with Crippen LogP contribution in [0, 0.1) is 6.92 Å². The molecule has 4 rings (SSSR count). The molecule has 6 heteroatoms. The van der Waals surface area contributed by atoms with Crippen molar-refractivity contribution in [3.63, 3.8) is 0 Å². The van der Waals surface area contributed by atoms with Gasteiger partial charge in [-0.25, -0.2) is 9.78 Å². The normalized spacial score (nSPS) is 11.2. The third-order valence-electron chi connectivity index (χ3n) is 4.37. The van der Waals surface area contributed by atoms with E-state index < -0.39 is 5.97 Å². The van der Waals surface area contributed by atoms with Crippen LogP contribution in [0.4, 0.5) is 0 Å². The first kappa shape index (κ1) is 16.4. The Morgan fingerprint density at radius 2 is 2.08 bits per heavy atom. The van der Waals surface area contributed by atoms with Gasteiger partial charge in [0.1, 0.15) is 11.6 Å². The second-order valence-corrected chi connectivity index (χ2v) is 6.44. The number of carboxylic acids is 1. The Kier molecular flexibility index (Phi) is 4.01. The number of hydrogen-bond donors (Lipinski definition) is 1. The fourth-order valence-electron chi connectivity index (χ4n) is 3.02. The number of carbonyl (C=O) groups is 1. The highest BCUT2D eigenvalue weighted by molar-refractivity contribution is 6.31. The number of hydrogen-bond acceptors (Lipinski definition) is 3. The lowest BCUT2D eigenvalue weighted by Crippen LogP contribution is -2.04. The van der Waals surface area contributed by atoms with E-state index in [1.165, 1.54) is 0 Å². The van der Waals surface area contributed by atoms with Gasteiger partial charge in [0.2, 0.25) is 0 Å². The zero-order valence-corrected chi connectivity index (χ0v) is 14.7. The maximum atomic E-state index is 11.3. The average Bonchev–Trinajstić information content (AvgIpc) is 3.24. The van der Waals surface area contributed by atoms with Gasteiger partial charge >= 0.3 is 5.97 Å². The zero-order valence-electron chi connectivity index (χ0n) is 13.9. The summed E-state index contributed by atoms with van der Waals surface area (Å²) in [7, 11) is 0.